The highest BCUT2D eigenvalue weighted by molar-refractivity contribution is 5.93. The van der Waals surface area contributed by atoms with Gasteiger partial charge in [-0.25, -0.2) is 0 Å². The van der Waals surface area contributed by atoms with E-state index < -0.39 is 0 Å². The van der Waals surface area contributed by atoms with Crippen LogP contribution in [0.3, 0.4) is 0 Å². The van der Waals surface area contributed by atoms with Gasteiger partial charge in [0.2, 0.25) is 0 Å². The van der Waals surface area contributed by atoms with Gasteiger partial charge in [-0.3, -0.25) is 9.78 Å². The van der Waals surface area contributed by atoms with Crippen LogP contribution in [0, 0.1) is 5.92 Å². The molecule has 0 bridgehead atoms. The number of methoxy groups -OCH3 is 1. The van der Waals surface area contributed by atoms with Crippen LogP contribution in [-0.4, -0.2) is 49.1 Å². The topological polar surface area (TPSA) is 54.5 Å². The lowest BCUT2D eigenvalue weighted by molar-refractivity contribution is 0.0677. The summed E-state index contributed by atoms with van der Waals surface area (Å²) in [5.41, 5.74) is 1.42. The quantitative estimate of drug-likeness (QED) is 0.837. The summed E-state index contributed by atoms with van der Waals surface area (Å²) in [5, 5.41) is 3.22. The Kier molecular flexibility index (Phi) is 5.35. The number of hydrogen-bond donors (Lipinski definition) is 1. The van der Waals surface area contributed by atoms with Crippen molar-refractivity contribution >= 4 is 11.6 Å². The first-order chi connectivity index (χ1) is 9.70. The summed E-state index contributed by atoms with van der Waals surface area (Å²) in [6.07, 6.45) is 3.96. The maximum atomic E-state index is 12.4. The molecule has 0 radical (unpaired) electrons. The number of piperidine rings is 1. The van der Waals surface area contributed by atoms with Crippen LogP contribution in [0.5, 0.6) is 0 Å². The lowest BCUT2D eigenvalue weighted by atomic mass is 10.00. The van der Waals surface area contributed by atoms with Crippen molar-refractivity contribution in [3.63, 3.8) is 0 Å². The number of anilines is 1. The fourth-order valence-corrected chi connectivity index (χ4v) is 2.49. The molecule has 0 aromatic carbocycles. The second-order valence-corrected chi connectivity index (χ2v) is 5.35. The highest BCUT2D eigenvalue weighted by Gasteiger charge is 2.22. The Labute approximate surface area is 120 Å². The molecule has 1 fully saturated rings. The van der Waals surface area contributed by atoms with E-state index in [-0.39, 0.29) is 5.91 Å². The highest BCUT2D eigenvalue weighted by Crippen LogP contribution is 2.18. The Morgan fingerprint density at radius 3 is 3.20 bits per heavy atom. The molecule has 110 valence electrons. The summed E-state index contributed by atoms with van der Waals surface area (Å²) >= 11 is 0. The van der Waals surface area contributed by atoms with Crippen molar-refractivity contribution in [2.75, 3.05) is 38.7 Å². The third kappa shape index (κ3) is 3.93. The van der Waals surface area contributed by atoms with Crippen LogP contribution >= 0.6 is 0 Å². The van der Waals surface area contributed by atoms with E-state index in [0.29, 0.717) is 18.2 Å². The number of nitrogens with one attached hydrogen (secondary N) is 1. The Morgan fingerprint density at radius 2 is 2.45 bits per heavy atom. The lowest BCUT2D eigenvalue weighted by Gasteiger charge is -2.30. The lowest BCUT2D eigenvalue weighted by Crippen LogP contribution is -2.39. The molecular weight excluding hydrogens is 254 g/mol. The Bertz CT molecular complexity index is 450. The number of pyridine rings is 1. The molecule has 5 heteroatoms. The minimum atomic E-state index is 0.0342. The second-order valence-electron chi connectivity index (χ2n) is 5.35. The van der Waals surface area contributed by atoms with Crippen LogP contribution in [0.1, 0.15) is 30.3 Å². The van der Waals surface area contributed by atoms with Gasteiger partial charge in [0.05, 0.1) is 6.61 Å². The van der Waals surface area contributed by atoms with E-state index in [1.807, 2.05) is 17.0 Å². The molecule has 1 aromatic rings. The summed E-state index contributed by atoms with van der Waals surface area (Å²) in [5.74, 6) is 0.614. The zero-order valence-corrected chi connectivity index (χ0v) is 12.3. The normalized spacial score (nSPS) is 18.9. The first-order valence-electron chi connectivity index (χ1n) is 7.19. The fourth-order valence-electron chi connectivity index (χ4n) is 2.49. The van der Waals surface area contributed by atoms with E-state index in [9.17, 15) is 4.79 Å². The first-order valence-corrected chi connectivity index (χ1v) is 7.19. The predicted octanol–water partition coefficient (Wildman–Crippen LogP) is 2.01. The molecule has 0 aliphatic carbocycles. The van der Waals surface area contributed by atoms with Gasteiger partial charge < -0.3 is 15.0 Å². The van der Waals surface area contributed by atoms with Crippen LogP contribution in [-0.2, 0) is 4.74 Å². The average molecular weight is 277 g/mol. The van der Waals surface area contributed by atoms with E-state index in [1.165, 1.54) is 6.42 Å². The number of rotatable bonds is 5. The van der Waals surface area contributed by atoms with Gasteiger partial charge in [-0.15, -0.1) is 0 Å². The first kappa shape index (κ1) is 14.8. The number of carbonyl (C=O) groups excluding carboxylic acids is 1. The van der Waals surface area contributed by atoms with Gasteiger partial charge in [0.25, 0.3) is 5.91 Å². The van der Waals surface area contributed by atoms with Crippen molar-refractivity contribution in [2.24, 2.45) is 5.92 Å². The molecule has 1 aliphatic rings. The number of nitrogens with zero attached hydrogens (tertiary/aromatic N) is 2. The van der Waals surface area contributed by atoms with Crippen LogP contribution in [0.4, 0.5) is 5.69 Å². The van der Waals surface area contributed by atoms with Crippen LogP contribution in [0.2, 0.25) is 0 Å². The Morgan fingerprint density at radius 1 is 1.60 bits per heavy atom. The molecular formula is C15H23N3O2. The van der Waals surface area contributed by atoms with Crippen molar-refractivity contribution in [1.29, 1.82) is 0 Å². The van der Waals surface area contributed by atoms with Crippen molar-refractivity contribution < 1.29 is 9.53 Å². The maximum absolute atomic E-state index is 12.4. The molecule has 1 aliphatic heterocycles. The number of ether oxygens (including phenoxy) is 1. The average Bonchev–Trinajstić information content (AvgIpc) is 2.47. The summed E-state index contributed by atoms with van der Waals surface area (Å²) < 4.78 is 4.99. The predicted molar refractivity (Wildman–Crippen MR) is 78.9 cm³/mol. The monoisotopic (exact) mass is 277 g/mol. The zero-order valence-electron chi connectivity index (χ0n) is 12.3. The van der Waals surface area contributed by atoms with Crippen LogP contribution in [0.15, 0.2) is 18.3 Å². The van der Waals surface area contributed by atoms with Gasteiger partial charge in [-0.1, -0.05) is 6.92 Å². The van der Waals surface area contributed by atoms with Gasteiger partial charge in [0, 0.05) is 38.6 Å². The zero-order chi connectivity index (χ0) is 14.4. The fraction of sp³-hybridized carbons (Fsp3) is 0.600. The Hall–Kier alpha value is -1.62. The van der Waals surface area contributed by atoms with Gasteiger partial charge in [-0.05, 0) is 30.9 Å². The molecule has 1 N–H and O–H groups in total. The summed E-state index contributed by atoms with van der Waals surface area (Å²) in [6.45, 7) is 5.22. The van der Waals surface area contributed by atoms with Gasteiger partial charge in [0.15, 0.2) is 0 Å². The molecule has 1 atom stereocenters. The summed E-state index contributed by atoms with van der Waals surface area (Å²) in [7, 11) is 1.67. The third-order valence-corrected chi connectivity index (χ3v) is 3.56. The summed E-state index contributed by atoms with van der Waals surface area (Å²) in [4.78, 5) is 18.6. The van der Waals surface area contributed by atoms with Crippen molar-refractivity contribution in [1.82, 2.24) is 9.88 Å². The molecule has 1 saturated heterocycles. The molecule has 0 spiro atoms. The standard InChI is InChI=1S/C15H23N3O2/c1-12-4-3-8-18(11-12)15(19)14-10-13(5-6-17-14)16-7-9-20-2/h5-6,10,12H,3-4,7-9,11H2,1-2H3,(H,16,17). The minimum absolute atomic E-state index is 0.0342. The van der Waals surface area contributed by atoms with Crippen molar-refractivity contribution in [2.45, 2.75) is 19.8 Å². The van der Waals surface area contributed by atoms with Crippen LogP contribution < -0.4 is 5.32 Å². The largest absolute Gasteiger partial charge is 0.383 e. The van der Waals surface area contributed by atoms with E-state index in [0.717, 1.165) is 31.7 Å². The number of aromatic nitrogens is 1. The van der Waals surface area contributed by atoms with Gasteiger partial charge in [-0.2, -0.15) is 0 Å². The van der Waals surface area contributed by atoms with E-state index >= 15 is 0 Å². The van der Waals surface area contributed by atoms with E-state index in [4.69, 9.17) is 4.74 Å². The SMILES string of the molecule is COCCNc1ccnc(C(=O)N2CCCC(C)C2)c1. The summed E-state index contributed by atoms with van der Waals surface area (Å²) in [6, 6.07) is 3.68. The number of likely N-dealkylation sites (tertiary alicyclic amines) is 1. The van der Waals surface area contributed by atoms with E-state index in [1.54, 1.807) is 13.3 Å². The molecule has 1 unspecified atom stereocenters. The number of amides is 1. The van der Waals surface area contributed by atoms with E-state index in [2.05, 4.69) is 17.2 Å². The molecule has 1 aromatic heterocycles. The van der Waals surface area contributed by atoms with Gasteiger partial charge >= 0.3 is 0 Å². The van der Waals surface area contributed by atoms with Crippen molar-refractivity contribution in [3.8, 4) is 0 Å². The second kappa shape index (κ2) is 7.24. The number of carbonyl (C=O) groups is 1. The minimum Gasteiger partial charge on any atom is -0.383 e. The van der Waals surface area contributed by atoms with Crippen molar-refractivity contribution in [3.05, 3.63) is 24.0 Å². The molecule has 1 amide bonds. The molecule has 2 heterocycles. The molecule has 5 nitrogen and oxygen atoms in total. The number of hydrogen-bond acceptors (Lipinski definition) is 4. The molecule has 20 heavy (non-hydrogen) atoms. The molecule has 2 rings (SSSR count). The van der Waals surface area contributed by atoms with Crippen LogP contribution in [0.25, 0.3) is 0 Å². The Balaban J connectivity index is 2.00. The highest BCUT2D eigenvalue weighted by atomic mass is 16.5. The maximum Gasteiger partial charge on any atom is 0.272 e. The third-order valence-electron chi connectivity index (χ3n) is 3.56. The van der Waals surface area contributed by atoms with Gasteiger partial charge in [0.1, 0.15) is 5.69 Å². The smallest absolute Gasteiger partial charge is 0.272 e. The molecule has 0 saturated carbocycles.